The molecule has 0 aliphatic carbocycles. The van der Waals surface area contributed by atoms with Crippen molar-refractivity contribution >= 4 is 21.6 Å². The first-order valence-corrected chi connectivity index (χ1v) is 7.20. The zero-order valence-corrected chi connectivity index (χ0v) is 9.99. The third-order valence-electron chi connectivity index (χ3n) is 1.86. The van der Waals surface area contributed by atoms with Gasteiger partial charge in [0.05, 0.1) is 31.4 Å². The van der Waals surface area contributed by atoms with Gasteiger partial charge in [-0.05, 0) is 12.1 Å². The van der Waals surface area contributed by atoms with Gasteiger partial charge < -0.3 is 0 Å². The van der Waals surface area contributed by atoms with E-state index in [1.54, 1.807) is 12.1 Å². The lowest BCUT2D eigenvalue weighted by molar-refractivity contribution is 0.675. The third kappa shape index (κ3) is 2.51. The molecule has 78 valence electrons. The maximum atomic E-state index is 11.6. The minimum absolute atomic E-state index is 0.567. The number of benzene rings is 1. The predicted octanol–water partition coefficient (Wildman–Crippen LogP) is 1.94. The van der Waals surface area contributed by atoms with Crippen LogP contribution in [0.3, 0.4) is 0 Å². The Hall–Kier alpha value is -0.480. The molecule has 0 radical (unpaired) electrons. The molecule has 2 unspecified atom stereocenters. The van der Waals surface area contributed by atoms with Crippen molar-refractivity contribution in [2.75, 3.05) is 11.5 Å². The van der Waals surface area contributed by atoms with Crippen molar-refractivity contribution in [2.24, 2.45) is 0 Å². The Bertz CT molecular complexity index is 326. The van der Waals surface area contributed by atoms with Gasteiger partial charge in [-0.1, -0.05) is 26.0 Å². The van der Waals surface area contributed by atoms with Crippen LogP contribution < -0.4 is 0 Å². The first-order valence-electron chi connectivity index (χ1n) is 4.56. The fourth-order valence-electron chi connectivity index (χ4n) is 1.14. The van der Waals surface area contributed by atoms with Gasteiger partial charge in [0.15, 0.2) is 0 Å². The summed E-state index contributed by atoms with van der Waals surface area (Å²) in [7, 11) is -2.03. The van der Waals surface area contributed by atoms with Crippen LogP contribution in [0.5, 0.6) is 0 Å². The van der Waals surface area contributed by atoms with E-state index < -0.39 is 21.6 Å². The van der Waals surface area contributed by atoms with Gasteiger partial charge in [-0.25, -0.2) is 0 Å². The highest BCUT2D eigenvalue weighted by atomic mass is 32.2. The van der Waals surface area contributed by atoms with E-state index in [1.807, 2.05) is 26.0 Å². The fraction of sp³-hybridized carbons (Fsp3) is 0.400. The normalized spacial score (nSPS) is 15.0. The molecule has 2 atom stereocenters. The van der Waals surface area contributed by atoms with E-state index in [4.69, 9.17) is 0 Å². The van der Waals surface area contributed by atoms with Crippen LogP contribution in [-0.4, -0.2) is 19.9 Å². The average Bonchev–Trinajstić information content (AvgIpc) is 2.27. The molecule has 0 N–H and O–H groups in total. The Labute approximate surface area is 89.6 Å². The van der Waals surface area contributed by atoms with E-state index in [0.717, 1.165) is 9.79 Å². The first kappa shape index (κ1) is 11.6. The molecule has 0 bridgehead atoms. The molecule has 0 fully saturated rings. The summed E-state index contributed by atoms with van der Waals surface area (Å²) in [6.07, 6.45) is 0. The molecule has 0 aliphatic heterocycles. The van der Waals surface area contributed by atoms with Crippen LogP contribution >= 0.6 is 0 Å². The highest BCUT2D eigenvalue weighted by Crippen LogP contribution is 2.17. The van der Waals surface area contributed by atoms with Crippen LogP contribution in [0.15, 0.2) is 34.1 Å². The average molecular weight is 230 g/mol. The van der Waals surface area contributed by atoms with Crippen molar-refractivity contribution in [3.63, 3.8) is 0 Å². The second kappa shape index (κ2) is 5.41. The zero-order chi connectivity index (χ0) is 10.6. The molecule has 0 amide bonds. The van der Waals surface area contributed by atoms with Crippen LogP contribution in [0.4, 0.5) is 0 Å². The maximum Gasteiger partial charge on any atom is 0.0549 e. The Balaban J connectivity index is 3.15. The standard InChI is InChI=1S/C10H14O2S2/c1-3-13(11)9-7-5-6-8-10(9)14(12)4-2/h5-8H,3-4H2,1-2H3. The minimum Gasteiger partial charge on any atom is -0.254 e. The summed E-state index contributed by atoms with van der Waals surface area (Å²) in [6, 6.07) is 7.25. The van der Waals surface area contributed by atoms with E-state index in [9.17, 15) is 8.42 Å². The van der Waals surface area contributed by atoms with Crippen molar-refractivity contribution in [1.82, 2.24) is 0 Å². The van der Waals surface area contributed by atoms with E-state index >= 15 is 0 Å². The molecule has 2 nitrogen and oxygen atoms in total. The lowest BCUT2D eigenvalue weighted by atomic mass is 10.4. The van der Waals surface area contributed by atoms with Gasteiger partial charge in [-0.2, -0.15) is 0 Å². The first-order chi connectivity index (χ1) is 6.70. The Morgan fingerprint density at radius 2 is 1.29 bits per heavy atom. The van der Waals surface area contributed by atoms with Gasteiger partial charge >= 0.3 is 0 Å². The van der Waals surface area contributed by atoms with Crippen LogP contribution in [0, 0.1) is 0 Å². The molecule has 0 saturated heterocycles. The van der Waals surface area contributed by atoms with Gasteiger partial charge in [-0.15, -0.1) is 0 Å². The minimum atomic E-state index is -1.02. The number of rotatable bonds is 4. The second-order valence-electron chi connectivity index (χ2n) is 2.72. The van der Waals surface area contributed by atoms with Crippen molar-refractivity contribution in [3.05, 3.63) is 24.3 Å². The van der Waals surface area contributed by atoms with Gasteiger partial charge in [-0.3, -0.25) is 8.42 Å². The topological polar surface area (TPSA) is 34.1 Å². The van der Waals surface area contributed by atoms with E-state index in [1.165, 1.54) is 0 Å². The summed E-state index contributed by atoms with van der Waals surface area (Å²) < 4.78 is 23.3. The fourth-order valence-corrected chi connectivity index (χ4v) is 3.36. The molecule has 4 heteroatoms. The van der Waals surface area contributed by atoms with Crippen molar-refractivity contribution < 1.29 is 8.42 Å². The zero-order valence-electron chi connectivity index (χ0n) is 8.36. The van der Waals surface area contributed by atoms with E-state index in [0.29, 0.717) is 11.5 Å². The van der Waals surface area contributed by atoms with Gasteiger partial charge in [0, 0.05) is 11.5 Å². The van der Waals surface area contributed by atoms with Gasteiger partial charge in [0.1, 0.15) is 0 Å². The quantitative estimate of drug-likeness (QED) is 0.792. The number of hydrogen-bond donors (Lipinski definition) is 0. The smallest absolute Gasteiger partial charge is 0.0549 e. The van der Waals surface area contributed by atoms with Crippen LogP contribution in [0.1, 0.15) is 13.8 Å². The molecular weight excluding hydrogens is 216 g/mol. The Morgan fingerprint density at radius 3 is 1.57 bits per heavy atom. The van der Waals surface area contributed by atoms with Gasteiger partial charge in [0.2, 0.25) is 0 Å². The number of hydrogen-bond acceptors (Lipinski definition) is 2. The Morgan fingerprint density at radius 1 is 0.929 bits per heavy atom. The summed E-state index contributed by atoms with van der Waals surface area (Å²) in [6.45, 7) is 3.73. The van der Waals surface area contributed by atoms with Crippen LogP contribution in [-0.2, 0) is 21.6 Å². The molecule has 1 aromatic carbocycles. The summed E-state index contributed by atoms with van der Waals surface area (Å²) in [5, 5.41) is 0. The van der Waals surface area contributed by atoms with Crippen molar-refractivity contribution in [2.45, 2.75) is 23.6 Å². The molecule has 1 rings (SSSR count). The second-order valence-corrected chi connectivity index (χ2v) is 6.13. The molecule has 0 aliphatic rings. The van der Waals surface area contributed by atoms with Crippen LogP contribution in [0.2, 0.25) is 0 Å². The highest BCUT2D eigenvalue weighted by molar-refractivity contribution is 7.88. The molecule has 0 spiro atoms. The summed E-state index contributed by atoms with van der Waals surface area (Å²) in [5.74, 6) is 1.13. The molecule has 14 heavy (non-hydrogen) atoms. The van der Waals surface area contributed by atoms with E-state index in [2.05, 4.69) is 0 Å². The largest absolute Gasteiger partial charge is 0.254 e. The van der Waals surface area contributed by atoms with Crippen molar-refractivity contribution in [1.29, 1.82) is 0 Å². The highest BCUT2D eigenvalue weighted by Gasteiger charge is 2.11. The SMILES string of the molecule is CCS(=O)c1ccccc1S(=O)CC. The molecule has 0 heterocycles. The van der Waals surface area contributed by atoms with Crippen molar-refractivity contribution in [3.8, 4) is 0 Å². The van der Waals surface area contributed by atoms with E-state index in [-0.39, 0.29) is 0 Å². The summed E-state index contributed by atoms with van der Waals surface area (Å²) in [4.78, 5) is 1.44. The lowest BCUT2D eigenvalue weighted by Crippen LogP contribution is -2.02. The summed E-state index contributed by atoms with van der Waals surface area (Å²) >= 11 is 0. The molecule has 1 aromatic rings. The molecular formula is C10H14O2S2. The maximum absolute atomic E-state index is 11.6. The van der Waals surface area contributed by atoms with Gasteiger partial charge in [0.25, 0.3) is 0 Å². The Kier molecular flexibility index (Phi) is 4.48. The summed E-state index contributed by atoms with van der Waals surface area (Å²) in [5.41, 5.74) is 0. The monoisotopic (exact) mass is 230 g/mol. The molecule has 0 saturated carbocycles. The molecule has 0 aromatic heterocycles. The third-order valence-corrected chi connectivity index (χ3v) is 4.74. The van der Waals surface area contributed by atoms with Crippen LogP contribution in [0.25, 0.3) is 0 Å². The predicted molar refractivity (Wildman–Crippen MR) is 60.3 cm³/mol. The lowest BCUT2D eigenvalue weighted by Gasteiger charge is -2.05.